The molecule has 4 rings (SSSR count). The third-order valence-electron chi connectivity index (χ3n) is 5.89. The van der Waals surface area contributed by atoms with Gasteiger partial charge >= 0.3 is 0 Å². The van der Waals surface area contributed by atoms with Gasteiger partial charge in [0, 0.05) is 24.6 Å². The summed E-state index contributed by atoms with van der Waals surface area (Å²) in [5.41, 5.74) is 4.50. The molecule has 0 saturated carbocycles. The average molecular weight is 399 g/mol. The average Bonchev–Trinajstić information content (AvgIpc) is 2.81. The van der Waals surface area contributed by atoms with Gasteiger partial charge < -0.3 is 5.32 Å². The first-order valence-electron chi connectivity index (χ1n) is 11.0. The van der Waals surface area contributed by atoms with Crippen molar-refractivity contribution in [2.45, 2.75) is 38.1 Å². The number of carbonyl (C=O) groups excluding carboxylic acids is 1. The van der Waals surface area contributed by atoms with Crippen molar-refractivity contribution in [3.05, 3.63) is 102 Å². The second-order valence-electron chi connectivity index (χ2n) is 8.16. The quantitative estimate of drug-likeness (QED) is 0.543. The summed E-state index contributed by atoms with van der Waals surface area (Å²) >= 11 is 0. The maximum Gasteiger partial charge on any atom is 0.225 e. The molecule has 1 N–H and O–H groups in total. The molecular weight excluding hydrogens is 368 g/mol. The molecule has 1 fully saturated rings. The monoisotopic (exact) mass is 398 g/mol. The van der Waals surface area contributed by atoms with E-state index in [0.29, 0.717) is 6.42 Å². The number of benzene rings is 3. The Labute approximate surface area is 179 Å². The predicted octanol–water partition coefficient (Wildman–Crippen LogP) is 5.83. The van der Waals surface area contributed by atoms with Gasteiger partial charge in [0.25, 0.3) is 0 Å². The Morgan fingerprint density at radius 1 is 0.767 bits per heavy atom. The molecule has 0 unspecified atom stereocenters. The number of rotatable bonds is 7. The van der Waals surface area contributed by atoms with Crippen LogP contribution in [0.1, 0.15) is 48.3 Å². The van der Waals surface area contributed by atoms with E-state index in [1.165, 1.54) is 37.9 Å². The fourth-order valence-electron chi connectivity index (χ4n) is 4.27. The number of nitrogens with zero attached hydrogens (tertiary/aromatic N) is 1. The van der Waals surface area contributed by atoms with Gasteiger partial charge in [-0.2, -0.15) is 0 Å². The van der Waals surface area contributed by atoms with E-state index in [4.69, 9.17) is 0 Å². The summed E-state index contributed by atoms with van der Waals surface area (Å²) in [5, 5.41) is 3.09. The van der Waals surface area contributed by atoms with E-state index in [-0.39, 0.29) is 11.8 Å². The summed E-state index contributed by atoms with van der Waals surface area (Å²) in [4.78, 5) is 15.4. The number of carbonyl (C=O) groups is 1. The summed E-state index contributed by atoms with van der Waals surface area (Å²) in [5.74, 6) is 0.0854. The molecule has 1 amide bonds. The molecule has 1 aliphatic heterocycles. The highest BCUT2D eigenvalue weighted by atomic mass is 16.1. The topological polar surface area (TPSA) is 32.3 Å². The lowest BCUT2D eigenvalue weighted by Crippen LogP contribution is -2.29. The number of anilines is 1. The third-order valence-corrected chi connectivity index (χ3v) is 5.89. The second kappa shape index (κ2) is 10.2. The second-order valence-corrected chi connectivity index (χ2v) is 8.16. The largest absolute Gasteiger partial charge is 0.326 e. The summed E-state index contributed by atoms with van der Waals surface area (Å²) < 4.78 is 0. The van der Waals surface area contributed by atoms with Crippen LogP contribution in [0.4, 0.5) is 5.69 Å². The number of likely N-dealkylation sites (tertiary alicyclic amines) is 1. The van der Waals surface area contributed by atoms with Gasteiger partial charge in [0.15, 0.2) is 0 Å². The van der Waals surface area contributed by atoms with Gasteiger partial charge in [-0.3, -0.25) is 9.69 Å². The van der Waals surface area contributed by atoms with Crippen LogP contribution in [0.15, 0.2) is 84.9 Å². The van der Waals surface area contributed by atoms with Gasteiger partial charge in [-0.05, 0) is 54.8 Å². The SMILES string of the molecule is O=C(CC(c1ccccc1)c1ccccc1)Nc1ccc(CN2CCCCC2)cc1. The normalized spacial score (nSPS) is 14.6. The van der Waals surface area contributed by atoms with E-state index in [1.807, 2.05) is 48.5 Å². The van der Waals surface area contributed by atoms with E-state index >= 15 is 0 Å². The fourth-order valence-corrected chi connectivity index (χ4v) is 4.27. The lowest BCUT2D eigenvalue weighted by Gasteiger charge is -2.26. The first-order chi connectivity index (χ1) is 14.8. The smallest absolute Gasteiger partial charge is 0.225 e. The molecule has 0 radical (unpaired) electrons. The van der Waals surface area contributed by atoms with Gasteiger partial charge in [0.05, 0.1) is 0 Å². The van der Waals surface area contributed by atoms with Crippen LogP contribution in [-0.4, -0.2) is 23.9 Å². The van der Waals surface area contributed by atoms with Gasteiger partial charge in [-0.25, -0.2) is 0 Å². The zero-order valence-corrected chi connectivity index (χ0v) is 17.5. The lowest BCUT2D eigenvalue weighted by atomic mass is 9.88. The Hall–Kier alpha value is -2.91. The van der Waals surface area contributed by atoms with E-state index in [1.54, 1.807) is 0 Å². The molecule has 1 saturated heterocycles. The molecule has 0 aliphatic carbocycles. The predicted molar refractivity (Wildman–Crippen MR) is 124 cm³/mol. The van der Waals surface area contributed by atoms with Crippen LogP contribution >= 0.6 is 0 Å². The summed E-state index contributed by atoms with van der Waals surface area (Å²) in [7, 11) is 0. The molecule has 1 heterocycles. The Morgan fingerprint density at radius 3 is 1.90 bits per heavy atom. The van der Waals surface area contributed by atoms with Crippen LogP contribution in [0, 0.1) is 0 Å². The molecule has 0 aromatic heterocycles. The highest BCUT2D eigenvalue weighted by Crippen LogP contribution is 2.28. The van der Waals surface area contributed by atoms with Crippen molar-refractivity contribution in [1.82, 2.24) is 4.90 Å². The van der Waals surface area contributed by atoms with Gasteiger partial charge in [0.1, 0.15) is 0 Å². The highest BCUT2D eigenvalue weighted by Gasteiger charge is 2.18. The molecule has 3 aromatic carbocycles. The van der Waals surface area contributed by atoms with Gasteiger partial charge in [0.2, 0.25) is 5.91 Å². The Balaban J connectivity index is 1.39. The van der Waals surface area contributed by atoms with Crippen LogP contribution < -0.4 is 5.32 Å². The van der Waals surface area contributed by atoms with Gasteiger partial charge in [-0.1, -0.05) is 79.2 Å². The van der Waals surface area contributed by atoms with Gasteiger partial charge in [-0.15, -0.1) is 0 Å². The highest BCUT2D eigenvalue weighted by molar-refractivity contribution is 5.91. The zero-order valence-electron chi connectivity index (χ0n) is 17.5. The molecule has 0 spiro atoms. The van der Waals surface area contributed by atoms with Crippen molar-refractivity contribution >= 4 is 11.6 Å². The Morgan fingerprint density at radius 2 is 1.33 bits per heavy atom. The van der Waals surface area contributed by atoms with Crippen molar-refractivity contribution in [1.29, 1.82) is 0 Å². The van der Waals surface area contributed by atoms with Crippen molar-refractivity contribution in [3.8, 4) is 0 Å². The molecule has 154 valence electrons. The van der Waals surface area contributed by atoms with E-state index in [0.717, 1.165) is 23.4 Å². The minimum atomic E-state index is 0.0384. The van der Waals surface area contributed by atoms with E-state index in [2.05, 4.69) is 46.6 Å². The maximum atomic E-state index is 12.9. The third kappa shape index (κ3) is 5.58. The first-order valence-corrected chi connectivity index (χ1v) is 11.0. The Bertz CT molecular complexity index is 877. The molecule has 3 aromatic rings. The van der Waals surface area contributed by atoms with Crippen molar-refractivity contribution in [3.63, 3.8) is 0 Å². The summed E-state index contributed by atoms with van der Waals surface area (Å²) in [6.45, 7) is 3.38. The molecular formula is C27H30N2O. The van der Waals surface area contributed by atoms with Crippen LogP contribution in [0.25, 0.3) is 0 Å². The number of nitrogens with one attached hydrogen (secondary N) is 1. The van der Waals surface area contributed by atoms with E-state index in [9.17, 15) is 4.79 Å². The van der Waals surface area contributed by atoms with Crippen molar-refractivity contribution in [2.24, 2.45) is 0 Å². The minimum Gasteiger partial charge on any atom is -0.326 e. The van der Waals surface area contributed by atoms with Crippen LogP contribution in [0.2, 0.25) is 0 Å². The summed E-state index contributed by atoms with van der Waals surface area (Å²) in [6, 6.07) is 28.9. The molecule has 3 nitrogen and oxygen atoms in total. The minimum absolute atomic E-state index is 0.0384. The Kier molecular flexibility index (Phi) is 6.94. The standard InChI is InChI=1S/C27H30N2O/c30-27(20-26(23-10-4-1-5-11-23)24-12-6-2-7-13-24)28-25-16-14-22(15-17-25)21-29-18-8-3-9-19-29/h1-2,4-7,10-17,26H,3,8-9,18-21H2,(H,28,30). The van der Waals surface area contributed by atoms with Crippen molar-refractivity contribution in [2.75, 3.05) is 18.4 Å². The first kappa shape index (κ1) is 20.4. The number of amides is 1. The number of hydrogen-bond donors (Lipinski definition) is 1. The lowest BCUT2D eigenvalue weighted by molar-refractivity contribution is -0.116. The molecule has 0 atom stereocenters. The van der Waals surface area contributed by atoms with Crippen LogP contribution in [0.5, 0.6) is 0 Å². The van der Waals surface area contributed by atoms with E-state index < -0.39 is 0 Å². The fraction of sp³-hybridized carbons (Fsp3) is 0.296. The van der Waals surface area contributed by atoms with Crippen molar-refractivity contribution < 1.29 is 4.79 Å². The molecule has 3 heteroatoms. The van der Waals surface area contributed by atoms with Crippen LogP contribution in [0.3, 0.4) is 0 Å². The zero-order chi connectivity index (χ0) is 20.6. The molecule has 0 bridgehead atoms. The van der Waals surface area contributed by atoms with Crippen LogP contribution in [-0.2, 0) is 11.3 Å². The number of piperidine rings is 1. The maximum absolute atomic E-state index is 12.9. The molecule has 30 heavy (non-hydrogen) atoms. The summed E-state index contributed by atoms with van der Waals surface area (Å²) in [6.07, 6.45) is 4.38. The molecule has 1 aliphatic rings. The number of hydrogen-bond acceptors (Lipinski definition) is 2.